The Kier molecular flexibility index (Phi) is 5.58. The maximum absolute atomic E-state index is 5.98. The van der Waals surface area contributed by atoms with E-state index in [0.717, 1.165) is 61.3 Å². The second kappa shape index (κ2) is 8.64. The highest BCUT2D eigenvalue weighted by Gasteiger charge is 2.43. The summed E-state index contributed by atoms with van der Waals surface area (Å²) < 4.78 is 7.83. The number of benzene rings is 1. The van der Waals surface area contributed by atoms with Crippen LogP contribution in [-0.4, -0.2) is 39.4 Å². The zero-order valence-electron chi connectivity index (χ0n) is 16.9. The number of hydrogen-bond acceptors (Lipinski definition) is 5. The maximum Gasteiger partial charge on any atom is 0.225 e. The van der Waals surface area contributed by atoms with Crippen molar-refractivity contribution in [1.82, 2.24) is 19.7 Å². The van der Waals surface area contributed by atoms with Crippen LogP contribution in [0, 0.1) is 17.8 Å². The van der Waals surface area contributed by atoms with E-state index >= 15 is 0 Å². The van der Waals surface area contributed by atoms with Gasteiger partial charge in [-0.25, -0.2) is 14.6 Å². The number of ether oxygens (including phenoxy) is 1. The first-order valence-electron chi connectivity index (χ1n) is 10.7. The van der Waals surface area contributed by atoms with Crippen LogP contribution in [-0.2, 0) is 0 Å². The first-order valence-corrected chi connectivity index (χ1v) is 11.1. The zero-order chi connectivity index (χ0) is 20.3. The van der Waals surface area contributed by atoms with Crippen molar-refractivity contribution in [3.05, 3.63) is 60.1 Å². The van der Waals surface area contributed by atoms with Crippen LogP contribution in [0.4, 0.5) is 5.95 Å². The van der Waals surface area contributed by atoms with E-state index in [9.17, 15) is 0 Å². The number of rotatable bonds is 7. The van der Waals surface area contributed by atoms with E-state index < -0.39 is 0 Å². The summed E-state index contributed by atoms with van der Waals surface area (Å²) >= 11 is 5.89. The molecule has 1 aliphatic heterocycles. The molecule has 7 heteroatoms. The minimum Gasteiger partial charge on any atom is -0.494 e. The Labute approximate surface area is 181 Å². The monoisotopic (exact) mass is 423 g/mol. The van der Waals surface area contributed by atoms with Crippen LogP contribution in [0.3, 0.4) is 0 Å². The van der Waals surface area contributed by atoms with Gasteiger partial charge in [-0.05, 0) is 73.8 Å². The van der Waals surface area contributed by atoms with E-state index in [-0.39, 0.29) is 0 Å². The van der Waals surface area contributed by atoms with Gasteiger partial charge in [-0.1, -0.05) is 11.6 Å². The standard InChI is InChI=1S/C23H26ClN5O/c24-19-15-25-23(26-16-19)28-11-6-17(7-12-28)22-14-18(22)8-13-30-21-4-2-20(3-5-21)29-10-1-9-27-29/h1-5,9-10,15-18,22H,6-8,11-14H2. The minimum absolute atomic E-state index is 0.588. The van der Waals surface area contributed by atoms with Crippen LogP contribution in [0.15, 0.2) is 55.1 Å². The number of halogens is 1. The summed E-state index contributed by atoms with van der Waals surface area (Å²) in [6, 6.07) is 10.1. The molecule has 2 aromatic heterocycles. The number of aromatic nitrogens is 4. The molecule has 2 atom stereocenters. The molecule has 1 saturated carbocycles. The number of piperidine rings is 1. The summed E-state index contributed by atoms with van der Waals surface area (Å²) in [5.74, 6) is 4.24. The largest absolute Gasteiger partial charge is 0.494 e. The van der Waals surface area contributed by atoms with E-state index in [1.165, 1.54) is 19.3 Å². The fraction of sp³-hybridized carbons (Fsp3) is 0.435. The first-order chi connectivity index (χ1) is 14.8. The summed E-state index contributed by atoms with van der Waals surface area (Å²) in [6.45, 7) is 2.86. The molecule has 2 aliphatic rings. The van der Waals surface area contributed by atoms with Gasteiger partial charge in [-0.3, -0.25) is 0 Å². The highest BCUT2D eigenvalue weighted by molar-refractivity contribution is 6.30. The zero-order valence-corrected chi connectivity index (χ0v) is 17.7. The van der Waals surface area contributed by atoms with E-state index in [2.05, 4.69) is 20.0 Å². The molecule has 6 nitrogen and oxygen atoms in total. The molecular formula is C23H26ClN5O. The second-order valence-corrected chi connectivity index (χ2v) is 8.70. The maximum atomic E-state index is 5.98. The Balaban J connectivity index is 1.03. The fourth-order valence-electron chi connectivity index (χ4n) is 4.62. The van der Waals surface area contributed by atoms with E-state index in [4.69, 9.17) is 16.3 Å². The molecule has 2 unspecified atom stereocenters. The van der Waals surface area contributed by atoms with Crippen molar-refractivity contribution in [2.45, 2.75) is 25.7 Å². The molecule has 1 aliphatic carbocycles. The topological polar surface area (TPSA) is 56.1 Å². The molecule has 2 fully saturated rings. The van der Waals surface area contributed by atoms with Crippen LogP contribution >= 0.6 is 11.6 Å². The number of hydrogen-bond donors (Lipinski definition) is 0. The average molecular weight is 424 g/mol. The first kappa shape index (κ1) is 19.4. The summed E-state index contributed by atoms with van der Waals surface area (Å²) in [4.78, 5) is 11.0. The summed E-state index contributed by atoms with van der Waals surface area (Å²) in [6.07, 6.45) is 12.0. The van der Waals surface area contributed by atoms with Gasteiger partial charge in [-0.2, -0.15) is 5.10 Å². The van der Waals surface area contributed by atoms with E-state index in [1.54, 1.807) is 18.6 Å². The number of nitrogens with zero attached hydrogens (tertiary/aromatic N) is 5. The van der Waals surface area contributed by atoms with Crippen molar-refractivity contribution in [2.75, 3.05) is 24.6 Å². The third-order valence-electron chi connectivity index (χ3n) is 6.37. The SMILES string of the molecule is Clc1cnc(N2CCC(C3CC3CCOc3ccc(-n4cccn4)cc3)CC2)nc1. The molecule has 3 aromatic rings. The molecule has 0 radical (unpaired) electrons. The van der Waals surface area contributed by atoms with Crippen LogP contribution in [0.2, 0.25) is 5.02 Å². The lowest BCUT2D eigenvalue weighted by Crippen LogP contribution is -2.35. The molecule has 0 spiro atoms. The van der Waals surface area contributed by atoms with Gasteiger partial charge < -0.3 is 9.64 Å². The highest BCUT2D eigenvalue weighted by Crippen LogP contribution is 2.49. The Bertz CT molecular complexity index is 937. The Morgan fingerprint density at radius 1 is 1.07 bits per heavy atom. The van der Waals surface area contributed by atoms with Crippen molar-refractivity contribution in [3.8, 4) is 11.4 Å². The van der Waals surface area contributed by atoms with Crippen LogP contribution in [0.25, 0.3) is 5.69 Å². The molecule has 0 N–H and O–H groups in total. The molecule has 5 rings (SSSR count). The van der Waals surface area contributed by atoms with Gasteiger partial charge >= 0.3 is 0 Å². The summed E-state index contributed by atoms with van der Waals surface area (Å²) in [5, 5.41) is 4.84. The van der Waals surface area contributed by atoms with Gasteiger partial charge in [-0.15, -0.1) is 0 Å². The summed E-state index contributed by atoms with van der Waals surface area (Å²) in [5.41, 5.74) is 1.05. The Morgan fingerprint density at radius 3 is 2.53 bits per heavy atom. The van der Waals surface area contributed by atoms with Gasteiger partial charge in [0.2, 0.25) is 5.95 Å². The summed E-state index contributed by atoms with van der Waals surface area (Å²) in [7, 11) is 0. The van der Waals surface area contributed by atoms with Crippen LogP contribution in [0.5, 0.6) is 5.75 Å². The molecule has 1 aromatic carbocycles. The van der Waals surface area contributed by atoms with Gasteiger partial charge in [0, 0.05) is 25.5 Å². The van der Waals surface area contributed by atoms with Crippen LogP contribution < -0.4 is 9.64 Å². The van der Waals surface area contributed by atoms with Gasteiger partial charge in [0.15, 0.2) is 0 Å². The third-order valence-corrected chi connectivity index (χ3v) is 6.57. The highest BCUT2D eigenvalue weighted by atomic mass is 35.5. The van der Waals surface area contributed by atoms with E-state index in [0.29, 0.717) is 5.02 Å². The van der Waals surface area contributed by atoms with Gasteiger partial charge in [0.1, 0.15) is 5.75 Å². The van der Waals surface area contributed by atoms with E-state index in [1.807, 2.05) is 41.2 Å². The Hall–Kier alpha value is -2.60. The average Bonchev–Trinajstić information content (AvgIpc) is 3.34. The number of anilines is 1. The molecule has 30 heavy (non-hydrogen) atoms. The van der Waals surface area contributed by atoms with Crippen LogP contribution in [0.1, 0.15) is 25.7 Å². The lowest BCUT2D eigenvalue weighted by atomic mass is 9.90. The minimum atomic E-state index is 0.588. The molecule has 0 bridgehead atoms. The Morgan fingerprint density at radius 2 is 1.83 bits per heavy atom. The molecule has 156 valence electrons. The van der Waals surface area contributed by atoms with Crippen molar-refractivity contribution < 1.29 is 4.74 Å². The smallest absolute Gasteiger partial charge is 0.225 e. The van der Waals surface area contributed by atoms with Crippen molar-refractivity contribution in [3.63, 3.8) is 0 Å². The van der Waals surface area contributed by atoms with Crippen molar-refractivity contribution >= 4 is 17.5 Å². The second-order valence-electron chi connectivity index (χ2n) is 8.27. The third kappa shape index (κ3) is 4.43. The molecule has 1 saturated heterocycles. The molecule has 3 heterocycles. The predicted molar refractivity (Wildman–Crippen MR) is 117 cm³/mol. The van der Waals surface area contributed by atoms with Gasteiger partial charge in [0.05, 0.1) is 29.7 Å². The lowest BCUT2D eigenvalue weighted by molar-refractivity contribution is 0.284. The normalized spacial score (nSPS) is 21.6. The fourth-order valence-corrected chi connectivity index (χ4v) is 4.72. The molecule has 0 amide bonds. The van der Waals surface area contributed by atoms with Crippen molar-refractivity contribution in [1.29, 1.82) is 0 Å². The predicted octanol–water partition coefficient (Wildman–Crippen LogP) is 4.64. The van der Waals surface area contributed by atoms with Gasteiger partial charge in [0.25, 0.3) is 0 Å². The quantitative estimate of drug-likeness (QED) is 0.554. The molecular weight excluding hydrogens is 398 g/mol. The van der Waals surface area contributed by atoms with Crippen molar-refractivity contribution in [2.24, 2.45) is 17.8 Å². The lowest BCUT2D eigenvalue weighted by Gasteiger charge is -2.32.